The molecule has 192 valence electrons. The number of fused-ring (bicyclic) bond motifs is 7. The molecule has 0 aromatic carbocycles. The van der Waals surface area contributed by atoms with Gasteiger partial charge in [-0.25, -0.2) is 0 Å². The Bertz CT molecular complexity index is 896. The molecule has 0 amide bonds. The highest BCUT2D eigenvalue weighted by Gasteiger charge is 2.69. The van der Waals surface area contributed by atoms with Crippen LogP contribution in [0.15, 0.2) is 11.6 Å². The zero-order chi connectivity index (χ0) is 24.9. The second-order valence-corrected chi connectivity index (χ2v) is 14.3. The summed E-state index contributed by atoms with van der Waals surface area (Å²) in [6.45, 7) is 14.3. The molecule has 4 nitrogen and oxygen atoms in total. The van der Waals surface area contributed by atoms with Gasteiger partial charge in [0.15, 0.2) is 0 Å². The van der Waals surface area contributed by atoms with E-state index in [2.05, 4.69) is 47.6 Å². The van der Waals surface area contributed by atoms with Gasteiger partial charge in [0.2, 0.25) is 0 Å². The predicted octanol–water partition coefficient (Wildman–Crippen LogP) is 6.06. The van der Waals surface area contributed by atoms with Crippen molar-refractivity contribution in [2.45, 2.75) is 105 Å². The average Bonchev–Trinajstić information content (AvgIpc) is 2.79. The van der Waals surface area contributed by atoms with Crippen molar-refractivity contribution in [3.05, 3.63) is 11.6 Å². The van der Waals surface area contributed by atoms with Crippen molar-refractivity contribution in [3.8, 4) is 0 Å². The van der Waals surface area contributed by atoms with Gasteiger partial charge in [0.25, 0.3) is 0 Å². The van der Waals surface area contributed by atoms with Gasteiger partial charge in [0.05, 0.1) is 18.1 Å². The number of aliphatic carboxylic acids is 1. The van der Waals surface area contributed by atoms with Crippen molar-refractivity contribution < 1.29 is 20.1 Å². The Morgan fingerprint density at radius 2 is 1.68 bits per heavy atom. The number of carboxylic acid groups (broad SMARTS) is 1. The lowest BCUT2D eigenvalue weighted by Crippen LogP contribution is -2.66. The summed E-state index contributed by atoms with van der Waals surface area (Å²) in [5.74, 6) is 1.35. The van der Waals surface area contributed by atoms with E-state index in [0.717, 1.165) is 57.8 Å². The lowest BCUT2D eigenvalue weighted by Gasteiger charge is -2.71. The molecule has 11 atom stereocenters. The molecule has 0 aromatic rings. The molecule has 3 N–H and O–H groups in total. The van der Waals surface area contributed by atoms with Gasteiger partial charge in [-0.15, -0.1) is 0 Å². The second-order valence-electron chi connectivity index (χ2n) is 14.3. The minimum absolute atomic E-state index is 0.0184. The molecular formula is C30H48O4. The fourth-order valence-corrected chi connectivity index (χ4v) is 10.9. The first-order valence-corrected chi connectivity index (χ1v) is 14.0. The van der Waals surface area contributed by atoms with Crippen LogP contribution in [0.25, 0.3) is 0 Å². The number of allylic oxidation sites excluding steroid dienone is 2. The number of aliphatic hydroxyl groups is 2. The van der Waals surface area contributed by atoms with E-state index in [4.69, 9.17) is 0 Å². The van der Waals surface area contributed by atoms with E-state index in [-0.39, 0.29) is 28.8 Å². The first-order valence-electron chi connectivity index (χ1n) is 14.0. The van der Waals surface area contributed by atoms with Gasteiger partial charge in [0.1, 0.15) is 0 Å². The van der Waals surface area contributed by atoms with Crippen LogP contribution in [0.2, 0.25) is 0 Å². The van der Waals surface area contributed by atoms with E-state index in [1.807, 2.05) is 0 Å². The molecule has 0 unspecified atom stereocenters. The molecule has 0 saturated heterocycles. The summed E-state index contributed by atoms with van der Waals surface area (Å²) in [6.07, 6.45) is 10.6. The minimum Gasteiger partial charge on any atom is -0.481 e. The molecule has 0 aliphatic heterocycles. The standard InChI is InChI=1S/C30H48O4/c1-18-9-14-30(25(33)34)16-15-28(5)20(24(30)19(18)2)7-8-22-26(3)12-11-23(32)27(4,17-31)21(26)10-13-29(22,28)6/h7,18-19,21-24,31-32H,8-17H2,1-6H3,(H,33,34)/t18-,19+,21-,22-,23+,24+,26+,27+,28-,29-,30+/m1/s1. The SMILES string of the molecule is C[C@H]1[C@H](C)CC[C@]2(C(=O)O)CC[C@]3(C)C(=CC[C@@H]4[C@@]5(C)CC[C@H](O)[C@@](C)(CO)[C@@H]5CC[C@]43C)[C@H]12. The van der Waals surface area contributed by atoms with Gasteiger partial charge in [-0.1, -0.05) is 53.2 Å². The van der Waals surface area contributed by atoms with Crippen molar-refractivity contribution in [2.75, 3.05) is 6.61 Å². The summed E-state index contributed by atoms with van der Waals surface area (Å²) in [5.41, 5.74) is 0.670. The van der Waals surface area contributed by atoms with E-state index in [1.54, 1.807) is 0 Å². The molecule has 5 aliphatic rings. The number of hydrogen-bond acceptors (Lipinski definition) is 3. The Morgan fingerprint density at radius 3 is 2.32 bits per heavy atom. The fourth-order valence-electron chi connectivity index (χ4n) is 10.9. The summed E-state index contributed by atoms with van der Waals surface area (Å²) < 4.78 is 0. The zero-order valence-electron chi connectivity index (χ0n) is 22.4. The number of aliphatic hydroxyl groups excluding tert-OH is 2. The van der Waals surface area contributed by atoms with Crippen LogP contribution in [-0.2, 0) is 4.79 Å². The van der Waals surface area contributed by atoms with Crippen LogP contribution in [0.5, 0.6) is 0 Å². The van der Waals surface area contributed by atoms with Crippen molar-refractivity contribution in [1.82, 2.24) is 0 Å². The van der Waals surface area contributed by atoms with Crippen molar-refractivity contribution in [1.29, 1.82) is 0 Å². The average molecular weight is 473 g/mol. The largest absolute Gasteiger partial charge is 0.481 e. The molecule has 4 heteroatoms. The molecule has 0 radical (unpaired) electrons. The lowest BCUT2D eigenvalue weighted by atomic mass is 9.33. The molecule has 5 rings (SSSR count). The molecule has 0 heterocycles. The maximum absolute atomic E-state index is 12.8. The summed E-state index contributed by atoms with van der Waals surface area (Å²) >= 11 is 0. The van der Waals surface area contributed by atoms with Crippen LogP contribution in [0.4, 0.5) is 0 Å². The highest BCUT2D eigenvalue weighted by atomic mass is 16.4. The Labute approximate surface area is 206 Å². The quantitative estimate of drug-likeness (QED) is 0.427. The molecule has 4 fully saturated rings. The van der Waals surface area contributed by atoms with Gasteiger partial charge in [0, 0.05) is 5.41 Å². The fraction of sp³-hybridized carbons (Fsp3) is 0.900. The van der Waals surface area contributed by atoms with Crippen LogP contribution in [0.3, 0.4) is 0 Å². The topological polar surface area (TPSA) is 77.8 Å². The maximum Gasteiger partial charge on any atom is 0.310 e. The summed E-state index contributed by atoms with van der Waals surface area (Å²) in [5, 5.41) is 31.9. The predicted molar refractivity (Wildman–Crippen MR) is 134 cm³/mol. The summed E-state index contributed by atoms with van der Waals surface area (Å²) in [7, 11) is 0. The molecule has 0 bridgehead atoms. The Morgan fingerprint density at radius 1 is 0.971 bits per heavy atom. The highest BCUT2D eigenvalue weighted by Crippen LogP contribution is 2.75. The minimum atomic E-state index is -0.591. The van der Waals surface area contributed by atoms with E-state index in [9.17, 15) is 20.1 Å². The Kier molecular flexibility index (Phi) is 5.52. The van der Waals surface area contributed by atoms with E-state index >= 15 is 0 Å². The Hall–Kier alpha value is -0.870. The van der Waals surface area contributed by atoms with E-state index in [1.165, 1.54) is 5.57 Å². The first-order chi connectivity index (χ1) is 15.8. The monoisotopic (exact) mass is 472 g/mol. The van der Waals surface area contributed by atoms with E-state index < -0.39 is 22.9 Å². The van der Waals surface area contributed by atoms with Crippen molar-refractivity contribution in [2.24, 2.45) is 56.7 Å². The number of carboxylic acids is 1. The second kappa shape index (κ2) is 7.57. The third-order valence-corrected chi connectivity index (χ3v) is 13.5. The molecule has 34 heavy (non-hydrogen) atoms. The number of carbonyl (C=O) groups is 1. The molecular weight excluding hydrogens is 424 g/mol. The molecule has 5 aliphatic carbocycles. The van der Waals surface area contributed by atoms with E-state index in [0.29, 0.717) is 23.7 Å². The first kappa shape index (κ1) is 24.8. The molecule has 0 spiro atoms. The van der Waals surface area contributed by atoms with Gasteiger partial charge in [-0.2, -0.15) is 0 Å². The summed E-state index contributed by atoms with van der Waals surface area (Å²) in [6, 6.07) is 0. The normalized spacial score (nSPS) is 56.9. The van der Waals surface area contributed by atoms with Gasteiger partial charge in [-0.05, 0) is 104 Å². The number of rotatable bonds is 2. The third kappa shape index (κ3) is 2.76. The smallest absolute Gasteiger partial charge is 0.310 e. The van der Waals surface area contributed by atoms with Crippen molar-refractivity contribution in [3.63, 3.8) is 0 Å². The third-order valence-electron chi connectivity index (χ3n) is 13.5. The molecule has 0 aromatic heterocycles. The number of hydrogen-bond donors (Lipinski definition) is 3. The van der Waals surface area contributed by atoms with Gasteiger partial charge < -0.3 is 15.3 Å². The van der Waals surface area contributed by atoms with Crippen LogP contribution in [0, 0.1) is 56.7 Å². The highest BCUT2D eigenvalue weighted by molar-refractivity contribution is 5.76. The van der Waals surface area contributed by atoms with Crippen molar-refractivity contribution >= 4 is 5.97 Å². The van der Waals surface area contributed by atoms with Crippen LogP contribution in [0.1, 0.15) is 99.3 Å². The maximum atomic E-state index is 12.8. The lowest BCUT2D eigenvalue weighted by molar-refractivity contribution is -0.217. The van der Waals surface area contributed by atoms with Crippen LogP contribution >= 0.6 is 0 Å². The summed E-state index contributed by atoms with van der Waals surface area (Å²) in [4.78, 5) is 12.8. The van der Waals surface area contributed by atoms with Crippen LogP contribution in [-0.4, -0.2) is 34.0 Å². The van der Waals surface area contributed by atoms with Crippen LogP contribution < -0.4 is 0 Å². The zero-order valence-corrected chi connectivity index (χ0v) is 22.4. The van der Waals surface area contributed by atoms with Gasteiger partial charge >= 0.3 is 5.97 Å². The van der Waals surface area contributed by atoms with Gasteiger partial charge in [-0.3, -0.25) is 4.79 Å². The Balaban J connectivity index is 1.61. The molecule has 4 saturated carbocycles.